The van der Waals surface area contributed by atoms with Gasteiger partial charge < -0.3 is 15.4 Å². The van der Waals surface area contributed by atoms with Gasteiger partial charge in [0.15, 0.2) is 0 Å². The van der Waals surface area contributed by atoms with Crippen molar-refractivity contribution >= 4 is 6.03 Å². The van der Waals surface area contributed by atoms with E-state index in [9.17, 15) is 9.18 Å². The second kappa shape index (κ2) is 6.91. The van der Waals surface area contributed by atoms with Crippen LogP contribution in [0, 0.1) is 5.82 Å². The normalized spacial score (nSPS) is 14.8. The van der Waals surface area contributed by atoms with Gasteiger partial charge in [0.2, 0.25) is 0 Å². The Labute approximate surface area is 141 Å². The Balaban J connectivity index is 1.51. The van der Waals surface area contributed by atoms with E-state index in [4.69, 9.17) is 4.74 Å². The van der Waals surface area contributed by atoms with Crippen LogP contribution in [-0.2, 0) is 12.0 Å². The Kier molecular flexibility index (Phi) is 4.69. The fourth-order valence-electron chi connectivity index (χ4n) is 2.79. The van der Waals surface area contributed by atoms with Crippen LogP contribution in [0.5, 0.6) is 5.75 Å². The first kappa shape index (κ1) is 16.3. The van der Waals surface area contributed by atoms with Crippen LogP contribution in [0.3, 0.4) is 0 Å². The van der Waals surface area contributed by atoms with E-state index in [0.29, 0.717) is 12.1 Å². The Bertz CT molecular complexity index is 712. The number of nitrogens with one attached hydrogen (secondary N) is 2. The molecule has 1 aliphatic rings. The van der Waals surface area contributed by atoms with E-state index in [1.54, 1.807) is 25.3 Å². The summed E-state index contributed by atoms with van der Waals surface area (Å²) >= 11 is 0. The van der Waals surface area contributed by atoms with Gasteiger partial charge in [-0.25, -0.2) is 9.18 Å². The zero-order valence-electron chi connectivity index (χ0n) is 13.6. The number of hydrogen-bond donors (Lipinski definition) is 2. The first-order chi connectivity index (χ1) is 11.6. The molecular formula is C19H21FN2O2. The summed E-state index contributed by atoms with van der Waals surface area (Å²) < 4.78 is 18.7. The quantitative estimate of drug-likeness (QED) is 0.854. The molecule has 1 fully saturated rings. The molecule has 0 radical (unpaired) electrons. The molecule has 4 nitrogen and oxygen atoms in total. The van der Waals surface area contributed by atoms with E-state index in [2.05, 4.69) is 10.6 Å². The van der Waals surface area contributed by atoms with Crippen molar-refractivity contribution in [3.63, 3.8) is 0 Å². The topological polar surface area (TPSA) is 50.4 Å². The lowest BCUT2D eigenvalue weighted by atomic mass is 9.96. The van der Waals surface area contributed by atoms with Crippen molar-refractivity contribution in [3.05, 3.63) is 65.5 Å². The highest BCUT2D eigenvalue weighted by Gasteiger charge is 2.44. The minimum Gasteiger partial charge on any atom is -0.497 e. The maximum absolute atomic E-state index is 13.5. The minimum absolute atomic E-state index is 0.0155. The number of hydrogen-bond acceptors (Lipinski definition) is 2. The van der Waals surface area contributed by atoms with Gasteiger partial charge in [0.25, 0.3) is 0 Å². The smallest absolute Gasteiger partial charge is 0.315 e. The summed E-state index contributed by atoms with van der Waals surface area (Å²) in [5.74, 6) is 0.514. The van der Waals surface area contributed by atoms with Crippen LogP contribution in [0.2, 0.25) is 0 Å². The number of halogens is 1. The van der Waals surface area contributed by atoms with Crippen molar-refractivity contribution in [3.8, 4) is 5.75 Å². The van der Waals surface area contributed by atoms with E-state index in [0.717, 1.165) is 18.6 Å². The van der Waals surface area contributed by atoms with Crippen LogP contribution in [0.25, 0.3) is 0 Å². The van der Waals surface area contributed by atoms with Crippen molar-refractivity contribution in [2.75, 3.05) is 13.7 Å². The molecule has 24 heavy (non-hydrogen) atoms. The van der Waals surface area contributed by atoms with E-state index in [1.807, 2.05) is 24.3 Å². The summed E-state index contributed by atoms with van der Waals surface area (Å²) in [5.41, 5.74) is 1.70. The van der Waals surface area contributed by atoms with Crippen LogP contribution < -0.4 is 15.4 Å². The number of methoxy groups -OCH3 is 1. The highest BCUT2D eigenvalue weighted by molar-refractivity contribution is 5.74. The lowest BCUT2D eigenvalue weighted by molar-refractivity contribution is 0.239. The maximum atomic E-state index is 13.5. The van der Waals surface area contributed by atoms with Crippen LogP contribution in [0.15, 0.2) is 48.5 Å². The van der Waals surface area contributed by atoms with Crippen LogP contribution in [0.1, 0.15) is 24.0 Å². The number of carbonyl (C=O) groups excluding carboxylic acids is 1. The summed E-state index contributed by atoms with van der Waals surface area (Å²) in [7, 11) is 1.64. The Hall–Kier alpha value is -2.56. The number of carbonyl (C=O) groups is 1. The number of amides is 2. The number of rotatable bonds is 6. The fraction of sp³-hybridized carbons (Fsp3) is 0.316. The van der Waals surface area contributed by atoms with Gasteiger partial charge in [0, 0.05) is 24.1 Å². The predicted molar refractivity (Wildman–Crippen MR) is 90.5 cm³/mol. The van der Waals surface area contributed by atoms with Gasteiger partial charge >= 0.3 is 6.03 Å². The zero-order valence-corrected chi connectivity index (χ0v) is 13.6. The van der Waals surface area contributed by atoms with Crippen LogP contribution in [0.4, 0.5) is 9.18 Å². The van der Waals surface area contributed by atoms with E-state index < -0.39 is 0 Å². The van der Waals surface area contributed by atoms with Gasteiger partial charge in [-0.1, -0.05) is 30.3 Å². The van der Waals surface area contributed by atoms with Gasteiger partial charge in [-0.15, -0.1) is 0 Å². The van der Waals surface area contributed by atoms with Gasteiger partial charge in [-0.05, 0) is 36.6 Å². The van der Waals surface area contributed by atoms with E-state index in [-0.39, 0.29) is 23.8 Å². The van der Waals surface area contributed by atoms with Crippen LogP contribution in [-0.4, -0.2) is 19.7 Å². The maximum Gasteiger partial charge on any atom is 0.315 e. The first-order valence-electron chi connectivity index (χ1n) is 8.03. The molecule has 0 spiro atoms. The molecule has 0 unspecified atom stereocenters. The third-order valence-electron chi connectivity index (χ3n) is 4.54. The minimum atomic E-state index is -0.310. The van der Waals surface area contributed by atoms with Gasteiger partial charge in [0.05, 0.1) is 7.11 Å². The summed E-state index contributed by atoms with van der Waals surface area (Å²) in [4.78, 5) is 12.0. The second-order valence-electron chi connectivity index (χ2n) is 6.14. The lowest BCUT2D eigenvalue weighted by Crippen LogP contribution is -2.39. The molecule has 0 atom stereocenters. The highest BCUT2D eigenvalue weighted by Crippen LogP contribution is 2.47. The molecule has 3 rings (SSSR count). The second-order valence-corrected chi connectivity index (χ2v) is 6.14. The van der Waals surface area contributed by atoms with E-state index >= 15 is 0 Å². The van der Waals surface area contributed by atoms with Gasteiger partial charge in [0.1, 0.15) is 11.6 Å². The molecule has 2 aromatic carbocycles. The van der Waals surface area contributed by atoms with Crippen molar-refractivity contribution in [1.29, 1.82) is 0 Å². The average molecular weight is 328 g/mol. The summed E-state index contributed by atoms with van der Waals surface area (Å²) in [6, 6.07) is 14.1. The largest absolute Gasteiger partial charge is 0.497 e. The number of benzene rings is 2. The van der Waals surface area contributed by atoms with Crippen molar-refractivity contribution in [2.45, 2.75) is 24.8 Å². The molecule has 0 aromatic heterocycles. The predicted octanol–water partition coefficient (Wildman–Crippen LogP) is 3.37. The Morgan fingerprint density at radius 2 is 1.83 bits per heavy atom. The standard InChI is InChI=1S/C19H21FN2O2/c1-24-16-8-6-15(7-9-16)19(10-11-19)13-22-18(23)21-12-14-4-2-3-5-17(14)20/h2-9H,10-13H2,1H3,(H2,21,22,23). The molecular weight excluding hydrogens is 307 g/mol. The molecule has 0 aliphatic heterocycles. The molecule has 0 heterocycles. The molecule has 2 N–H and O–H groups in total. The average Bonchev–Trinajstić information content (AvgIpc) is 3.40. The molecule has 1 aliphatic carbocycles. The molecule has 5 heteroatoms. The summed E-state index contributed by atoms with van der Waals surface area (Å²) in [6.45, 7) is 0.747. The third-order valence-corrected chi connectivity index (χ3v) is 4.54. The molecule has 2 aromatic rings. The Morgan fingerprint density at radius 1 is 1.12 bits per heavy atom. The van der Waals surface area contributed by atoms with Crippen LogP contribution >= 0.6 is 0 Å². The van der Waals surface area contributed by atoms with Crippen molar-refractivity contribution in [2.24, 2.45) is 0 Å². The SMILES string of the molecule is COc1ccc(C2(CNC(=O)NCc3ccccc3F)CC2)cc1. The molecule has 126 valence electrons. The highest BCUT2D eigenvalue weighted by atomic mass is 19.1. The molecule has 2 amide bonds. The Morgan fingerprint density at radius 3 is 2.46 bits per heavy atom. The molecule has 1 saturated carbocycles. The number of urea groups is 1. The van der Waals surface area contributed by atoms with Gasteiger partial charge in [-0.2, -0.15) is 0 Å². The van der Waals surface area contributed by atoms with Gasteiger partial charge in [-0.3, -0.25) is 0 Å². The van der Waals surface area contributed by atoms with Crippen molar-refractivity contribution in [1.82, 2.24) is 10.6 Å². The third kappa shape index (κ3) is 3.67. The van der Waals surface area contributed by atoms with E-state index in [1.165, 1.54) is 11.6 Å². The van der Waals surface area contributed by atoms with Crippen molar-refractivity contribution < 1.29 is 13.9 Å². The zero-order chi connectivity index (χ0) is 17.0. The number of ether oxygens (including phenoxy) is 1. The first-order valence-corrected chi connectivity index (χ1v) is 8.03. The summed E-state index contributed by atoms with van der Waals surface area (Å²) in [5, 5.41) is 5.60. The monoisotopic (exact) mass is 328 g/mol. The summed E-state index contributed by atoms with van der Waals surface area (Å²) in [6.07, 6.45) is 2.10. The molecule has 0 saturated heterocycles. The lowest BCUT2D eigenvalue weighted by Gasteiger charge is -2.17. The fourth-order valence-corrected chi connectivity index (χ4v) is 2.79. The molecule has 0 bridgehead atoms.